The molecule has 1 aliphatic rings. The fraction of sp³-hybridized carbons (Fsp3) is 0.600. The molecule has 0 aromatic heterocycles. The number of hydrogen-bond acceptors (Lipinski definition) is 2. The fourth-order valence-corrected chi connectivity index (χ4v) is 3.47. The maximum Gasteiger partial charge on any atom is 0.0424 e. The van der Waals surface area contributed by atoms with Crippen molar-refractivity contribution in [2.24, 2.45) is 5.41 Å². The quantitative estimate of drug-likeness (QED) is 0.798. The van der Waals surface area contributed by atoms with E-state index in [1.54, 1.807) is 6.07 Å². The zero-order chi connectivity index (χ0) is 14.0. The van der Waals surface area contributed by atoms with Crippen molar-refractivity contribution in [1.29, 1.82) is 0 Å². The molecule has 1 aromatic carbocycles. The largest absolute Gasteiger partial charge is 0.314 e. The zero-order valence-electron chi connectivity index (χ0n) is 12.7. The Morgan fingerprint density at radius 1 is 1.00 bits per heavy atom. The predicted octanol–water partition coefficient (Wildman–Crippen LogP) is 4.83. The van der Waals surface area contributed by atoms with Crippen LogP contribution in [0.4, 0.5) is 0 Å². The molecule has 0 bridgehead atoms. The van der Waals surface area contributed by atoms with E-state index >= 15 is 0 Å². The van der Waals surface area contributed by atoms with Crippen LogP contribution in [0, 0.1) is 5.41 Å². The molecule has 1 aromatic rings. The van der Waals surface area contributed by atoms with Crippen LogP contribution < -0.4 is 5.32 Å². The lowest BCUT2D eigenvalue weighted by Crippen LogP contribution is -2.48. The van der Waals surface area contributed by atoms with Crippen molar-refractivity contribution in [2.45, 2.75) is 26.8 Å². The van der Waals surface area contributed by atoms with Crippen molar-refractivity contribution >= 4 is 48.0 Å². The molecule has 1 atom stereocenters. The van der Waals surface area contributed by atoms with Crippen molar-refractivity contribution in [3.63, 3.8) is 0 Å². The minimum Gasteiger partial charge on any atom is -0.314 e. The van der Waals surface area contributed by atoms with Gasteiger partial charge in [0.15, 0.2) is 0 Å². The van der Waals surface area contributed by atoms with E-state index < -0.39 is 0 Å². The summed E-state index contributed by atoms with van der Waals surface area (Å²) in [6, 6.07) is 6.23. The normalized spacial score (nSPS) is 17.6. The molecular formula is C15H24Cl4N2. The van der Waals surface area contributed by atoms with Crippen LogP contribution in [0.5, 0.6) is 0 Å². The fourth-order valence-electron chi connectivity index (χ4n) is 2.93. The van der Waals surface area contributed by atoms with Gasteiger partial charge in [-0.3, -0.25) is 4.90 Å². The first-order chi connectivity index (χ1) is 8.88. The van der Waals surface area contributed by atoms with E-state index in [4.69, 9.17) is 23.2 Å². The smallest absolute Gasteiger partial charge is 0.0424 e. The van der Waals surface area contributed by atoms with Crippen LogP contribution in [0.3, 0.4) is 0 Å². The number of nitrogens with one attached hydrogen (secondary N) is 1. The summed E-state index contributed by atoms with van der Waals surface area (Å²) in [5.41, 5.74) is 1.36. The molecule has 2 rings (SSSR count). The molecule has 6 heteroatoms. The van der Waals surface area contributed by atoms with Gasteiger partial charge in [-0.25, -0.2) is 0 Å². The lowest BCUT2D eigenvalue weighted by atomic mass is 9.81. The molecule has 1 fully saturated rings. The lowest BCUT2D eigenvalue weighted by molar-refractivity contribution is 0.0862. The zero-order valence-corrected chi connectivity index (χ0v) is 15.8. The Kier molecular flexibility index (Phi) is 8.93. The lowest BCUT2D eigenvalue weighted by Gasteiger charge is -2.42. The summed E-state index contributed by atoms with van der Waals surface area (Å²) in [6.07, 6.45) is 0. The van der Waals surface area contributed by atoms with Crippen molar-refractivity contribution in [1.82, 2.24) is 10.2 Å². The van der Waals surface area contributed by atoms with Gasteiger partial charge >= 0.3 is 0 Å². The number of halogens is 4. The van der Waals surface area contributed by atoms with Gasteiger partial charge in [0.25, 0.3) is 0 Å². The average molecular weight is 374 g/mol. The Labute approximate surface area is 150 Å². The molecule has 0 amide bonds. The molecule has 1 aliphatic heterocycles. The molecular weight excluding hydrogens is 350 g/mol. The highest BCUT2D eigenvalue weighted by atomic mass is 35.5. The highest BCUT2D eigenvalue weighted by molar-refractivity contribution is 6.34. The van der Waals surface area contributed by atoms with E-state index in [9.17, 15) is 0 Å². The Morgan fingerprint density at radius 3 is 1.90 bits per heavy atom. The minimum absolute atomic E-state index is 0. The molecule has 0 unspecified atom stereocenters. The molecule has 21 heavy (non-hydrogen) atoms. The van der Waals surface area contributed by atoms with E-state index in [0.29, 0.717) is 16.1 Å². The van der Waals surface area contributed by atoms with Crippen molar-refractivity contribution in [2.75, 3.05) is 26.2 Å². The van der Waals surface area contributed by atoms with Crippen LogP contribution in [0.25, 0.3) is 0 Å². The summed E-state index contributed by atoms with van der Waals surface area (Å²) in [7, 11) is 0. The Bertz CT molecular complexity index is 420. The van der Waals surface area contributed by atoms with Gasteiger partial charge in [0, 0.05) is 42.3 Å². The third-order valence-corrected chi connectivity index (χ3v) is 3.97. The number of hydrogen-bond donors (Lipinski definition) is 1. The standard InChI is InChI=1S/C15H22Cl2N2.2ClH/c1-15(2,3)14(19-6-4-18-5-7-19)11-8-12(16)10-13(17)9-11;;/h8-10,14,18H,4-7H2,1-3H3;2*1H/t14-;;/m0../s1. The number of rotatable bonds is 2. The molecule has 0 spiro atoms. The summed E-state index contributed by atoms with van der Waals surface area (Å²) in [6.45, 7) is 11.0. The molecule has 0 radical (unpaired) electrons. The van der Waals surface area contributed by atoms with Gasteiger partial charge in [-0.05, 0) is 29.2 Å². The molecule has 0 aliphatic carbocycles. The molecule has 1 N–H and O–H groups in total. The van der Waals surface area contributed by atoms with Gasteiger partial charge in [0.05, 0.1) is 0 Å². The third-order valence-electron chi connectivity index (χ3n) is 3.54. The van der Waals surface area contributed by atoms with Crippen molar-refractivity contribution in [3.8, 4) is 0 Å². The van der Waals surface area contributed by atoms with Crippen LogP contribution in [0.1, 0.15) is 32.4 Å². The summed E-state index contributed by atoms with van der Waals surface area (Å²) in [4.78, 5) is 2.53. The van der Waals surface area contributed by atoms with Gasteiger partial charge in [-0.2, -0.15) is 0 Å². The molecule has 1 saturated heterocycles. The highest BCUT2D eigenvalue weighted by Crippen LogP contribution is 2.39. The third kappa shape index (κ3) is 5.78. The van der Waals surface area contributed by atoms with Gasteiger partial charge in [-0.1, -0.05) is 44.0 Å². The van der Waals surface area contributed by atoms with E-state index in [2.05, 4.69) is 31.0 Å². The Hall–Kier alpha value is 0.300. The van der Waals surface area contributed by atoms with Gasteiger partial charge in [0.1, 0.15) is 0 Å². The average Bonchev–Trinajstić information content (AvgIpc) is 2.27. The second-order valence-electron chi connectivity index (χ2n) is 6.26. The van der Waals surface area contributed by atoms with Crippen LogP contribution in [-0.2, 0) is 0 Å². The van der Waals surface area contributed by atoms with E-state index in [0.717, 1.165) is 26.2 Å². The molecule has 2 nitrogen and oxygen atoms in total. The van der Waals surface area contributed by atoms with E-state index in [-0.39, 0.29) is 30.2 Å². The molecule has 122 valence electrons. The van der Waals surface area contributed by atoms with Crippen LogP contribution >= 0.6 is 48.0 Å². The predicted molar refractivity (Wildman–Crippen MR) is 97.6 cm³/mol. The monoisotopic (exact) mass is 372 g/mol. The van der Waals surface area contributed by atoms with Crippen molar-refractivity contribution in [3.05, 3.63) is 33.8 Å². The summed E-state index contributed by atoms with van der Waals surface area (Å²) < 4.78 is 0. The number of piperazine rings is 1. The number of benzene rings is 1. The second kappa shape index (κ2) is 8.81. The Morgan fingerprint density at radius 2 is 1.48 bits per heavy atom. The van der Waals surface area contributed by atoms with Gasteiger partial charge in [0.2, 0.25) is 0 Å². The minimum atomic E-state index is 0. The first-order valence-electron chi connectivity index (χ1n) is 6.79. The van der Waals surface area contributed by atoms with E-state index in [1.807, 2.05) is 12.1 Å². The summed E-state index contributed by atoms with van der Waals surface area (Å²) in [5.74, 6) is 0. The van der Waals surface area contributed by atoms with Crippen molar-refractivity contribution < 1.29 is 0 Å². The molecule has 0 saturated carbocycles. The molecule has 1 heterocycles. The maximum atomic E-state index is 6.17. The first kappa shape index (κ1) is 21.3. The number of nitrogens with zero attached hydrogens (tertiary/aromatic N) is 1. The SMILES string of the molecule is CC(C)(C)[C@H](c1cc(Cl)cc(Cl)c1)N1CCNCC1.Cl.Cl. The summed E-state index contributed by atoms with van der Waals surface area (Å²) >= 11 is 12.3. The Balaban J connectivity index is 0.00000200. The van der Waals surface area contributed by atoms with Gasteiger partial charge in [-0.15, -0.1) is 24.8 Å². The first-order valence-corrected chi connectivity index (χ1v) is 7.54. The second-order valence-corrected chi connectivity index (χ2v) is 7.13. The van der Waals surface area contributed by atoms with Gasteiger partial charge < -0.3 is 5.32 Å². The van der Waals surface area contributed by atoms with E-state index in [1.165, 1.54) is 5.56 Å². The van der Waals surface area contributed by atoms with Crippen LogP contribution in [-0.4, -0.2) is 31.1 Å². The maximum absolute atomic E-state index is 6.17. The summed E-state index contributed by atoms with van der Waals surface area (Å²) in [5, 5.41) is 4.83. The highest BCUT2D eigenvalue weighted by Gasteiger charge is 2.32. The topological polar surface area (TPSA) is 15.3 Å². The van der Waals surface area contributed by atoms with Crippen LogP contribution in [0.15, 0.2) is 18.2 Å². The van der Waals surface area contributed by atoms with Crippen LogP contribution in [0.2, 0.25) is 10.0 Å².